The zero-order chi connectivity index (χ0) is 15.3. The molecule has 0 saturated carbocycles. The second-order valence-electron chi connectivity index (χ2n) is 4.83. The Labute approximate surface area is 140 Å². The molecule has 0 spiro atoms. The van der Waals surface area contributed by atoms with Crippen molar-refractivity contribution >= 4 is 38.3 Å². The molecule has 3 nitrogen and oxygen atoms in total. The van der Waals surface area contributed by atoms with Crippen molar-refractivity contribution in [2.45, 2.75) is 31.1 Å². The monoisotopic (exact) mass is 415 g/mol. The molecule has 112 valence electrons. The summed E-state index contributed by atoms with van der Waals surface area (Å²) in [6.45, 7) is 2.14. The van der Waals surface area contributed by atoms with Crippen LogP contribution in [0.2, 0.25) is 0 Å². The minimum absolute atomic E-state index is 0.294. The summed E-state index contributed by atoms with van der Waals surface area (Å²) in [5.41, 5.74) is 1.78. The first kappa shape index (κ1) is 16.3. The van der Waals surface area contributed by atoms with Crippen LogP contribution in [0.5, 0.6) is 0 Å². The van der Waals surface area contributed by atoms with E-state index in [1.807, 2.05) is 30.3 Å². The first-order valence-corrected chi connectivity index (χ1v) is 9.45. The fourth-order valence-electron chi connectivity index (χ4n) is 1.96. The molecule has 0 aliphatic rings. The summed E-state index contributed by atoms with van der Waals surface area (Å²) in [4.78, 5) is 0.294. The number of para-hydroxylation sites is 1. The lowest BCUT2D eigenvalue weighted by molar-refractivity contribution is 0.601. The zero-order valence-electron chi connectivity index (χ0n) is 11.8. The van der Waals surface area contributed by atoms with Crippen molar-refractivity contribution < 1.29 is 8.42 Å². The quantitative estimate of drug-likeness (QED) is 0.710. The van der Waals surface area contributed by atoms with E-state index >= 15 is 0 Å². The first-order valence-electron chi connectivity index (χ1n) is 6.89. The van der Waals surface area contributed by atoms with Crippen LogP contribution in [0.3, 0.4) is 0 Å². The molecule has 0 atom stereocenters. The standard InChI is InChI=1S/C16H18INO2S/c1-2-3-6-13-9-11-14(12-10-13)21(19,20)18-16-8-5-4-7-15(16)17/h4-5,7-12,18H,2-3,6H2,1H3. The van der Waals surface area contributed by atoms with Crippen molar-refractivity contribution in [3.8, 4) is 0 Å². The summed E-state index contributed by atoms with van der Waals surface area (Å²) >= 11 is 2.11. The molecule has 0 saturated heterocycles. The third-order valence-corrected chi connectivity index (χ3v) is 5.49. The largest absolute Gasteiger partial charge is 0.279 e. The molecule has 2 aromatic carbocycles. The molecule has 2 aromatic rings. The molecule has 21 heavy (non-hydrogen) atoms. The predicted octanol–water partition coefficient (Wildman–Crippen LogP) is 4.43. The van der Waals surface area contributed by atoms with Crippen LogP contribution in [0.4, 0.5) is 5.69 Å². The van der Waals surface area contributed by atoms with Gasteiger partial charge in [0, 0.05) is 3.57 Å². The van der Waals surface area contributed by atoms with Crippen LogP contribution in [0.15, 0.2) is 53.4 Å². The van der Waals surface area contributed by atoms with E-state index in [-0.39, 0.29) is 0 Å². The maximum absolute atomic E-state index is 12.4. The molecule has 0 aromatic heterocycles. The van der Waals surface area contributed by atoms with Crippen LogP contribution >= 0.6 is 22.6 Å². The van der Waals surface area contributed by atoms with Crippen molar-refractivity contribution in [2.75, 3.05) is 4.72 Å². The number of sulfonamides is 1. The van der Waals surface area contributed by atoms with Gasteiger partial charge in [-0.1, -0.05) is 37.6 Å². The lowest BCUT2D eigenvalue weighted by Gasteiger charge is -2.10. The molecule has 0 bridgehead atoms. The molecule has 0 amide bonds. The summed E-state index contributed by atoms with van der Waals surface area (Å²) in [7, 11) is -3.53. The number of unbranched alkanes of at least 4 members (excludes halogenated alkanes) is 1. The molecule has 1 N–H and O–H groups in total. The van der Waals surface area contributed by atoms with Gasteiger partial charge < -0.3 is 0 Å². The number of halogens is 1. The summed E-state index contributed by atoms with van der Waals surface area (Å²) in [5.74, 6) is 0. The summed E-state index contributed by atoms with van der Waals surface area (Å²) in [6.07, 6.45) is 3.24. The minimum atomic E-state index is -3.53. The molecule has 5 heteroatoms. The van der Waals surface area contributed by atoms with E-state index < -0.39 is 10.0 Å². The van der Waals surface area contributed by atoms with Gasteiger partial charge >= 0.3 is 0 Å². The highest BCUT2D eigenvalue weighted by Crippen LogP contribution is 2.21. The first-order chi connectivity index (χ1) is 10.0. The lowest BCUT2D eigenvalue weighted by atomic mass is 10.1. The SMILES string of the molecule is CCCCc1ccc(S(=O)(=O)Nc2ccccc2I)cc1. The highest BCUT2D eigenvalue weighted by molar-refractivity contribution is 14.1. The van der Waals surface area contributed by atoms with Gasteiger partial charge in [0.2, 0.25) is 0 Å². The van der Waals surface area contributed by atoms with E-state index in [0.29, 0.717) is 10.6 Å². The average Bonchev–Trinajstić information content (AvgIpc) is 2.48. The highest BCUT2D eigenvalue weighted by atomic mass is 127. The van der Waals surface area contributed by atoms with E-state index in [4.69, 9.17) is 0 Å². The van der Waals surface area contributed by atoms with Gasteiger partial charge in [0.05, 0.1) is 10.6 Å². The molecule has 0 aliphatic heterocycles. The van der Waals surface area contributed by atoms with Crippen molar-refractivity contribution in [3.63, 3.8) is 0 Å². The Bertz CT molecular complexity index is 696. The second kappa shape index (κ2) is 7.26. The van der Waals surface area contributed by atoms with Crippen LogP contribution in [-0.2, 0) is 16.4 Å². The number of benzene rings is 2. The van der Waals surface area contributed by atoms with Crippen LogP contribution < -0.4 is 4.72 Å². The van der Waals surface area contributed by atoms with E-state index in [1.165, 1.54) is 5.56 Å². The second-order valence-corrected chi connectivity index (χ2v) is 7.68. The van der Waals surface area contributed by atoms with Crippen LogP contribution in [-0.4, -0.2) is 8.42 Å². The van der Waals surface area contributed by atoms with Crippen molar-refractivity contribution in [2.24, 2.45) is 0 Å². The van der Waals surface area contributed by atoms with Crippen LogP contribution in [0, 0.1) is 3.57 Å². The van der Waals surface area contributed by atoms with E-state index in [1.54, 1.807) is 18.2 Å². The number of nitrogens with one attached hydrogen (secondary N) is 1. The summed E-state index contributed by atoms with van der Waals surface area (Å²) < 4.78 is 28.2. The maximum atomic E-state index is 12.4. The predicted molar refractivity (Wildman–Crippen MR) is 95.0 cm³/mol. The van der Waals surface area contributed by atoms with Gasteiger partial charge in [0.1, 0.15) is 0 Å². The zero-order valence-corrected chi connectivity index (χ0v) is 14.8. The van der Waals surface area contributed by atoms with E-state index in [0.717, 1.165) is 22.8 Å². The van der Waals surface area contributed by atoms with Gasteiger partial charge in [0.25, 0.3) is 10.0 Å². The van der Waals surface area contributed by atoms with Gasteiger partial charge in [-0.05, 0) is 65.3 Å². The number of rotatable bonds is 6. The van der Waals surface area contributed by atoms with Crippen LogP contribution in [0.25, 0.3) is 0 Å². The Hall–Kier alpha value is -1.08. The lowest BCUT2D eigenvalue weighted by Crippen LogP contribution is -2.13. The summed E-state index contributed by atoms with van der Waals surface area (Å²) in [5, 5.41) is 0. The third kappa shape index (κ3) is 4.44. The molecule has 0 unspecified atom stereocenters. The number of hydrogen-bond donors (Lipinski definition) is 1. The Morgan fingerprint density at radius 3 is 2.33 bits per heavy atom. The normalized spacial score (nSPS) is 11.3. The Kier molecular flexibility index (Phi) is 5.64. The topological polar surface area (TPSA) is 46.2 Å². The van der Waals surface area contributed by atoms with Gasteiger partial charge in [-0.2, -0.15) is 0 Å². The van der Waals surface area contributed by atoms with E-state index in [9.17, 15) is 8.42 Å². The van der Waals surface area contributed by atoms with Crippen molar-refractivity contribution in [1.29, 1.82) is 0 Å². The Morgan fingerprint density at radius 1 is 1.05 bits per heavy atom. The number of hydrogen-bond acceptors (Lipinski definition) is 2. The summed E-state index contributed by atoms with van der Waals surface area (Å²) in [6, 6.07) is 14.4. The number of aryl methyl sites for hydroxylation is 1. The third-order valence-electron chi connectivity index (χ3n) is 3.17. The van der Waals surface area contributed by atoms with Crippen molar-refractivity contribution in [3.05, 3.63) is 57.7 Å². The average molecular weight is 415 g/mol. The molecule has 0 heterocycles. The van der Waals surface area contributed by atoms with E-state index in [2.05, 4.69) is 34.2 Å². The number of anilines is 1. The Balaban J connectivity index is 2.18. The van der Waals surface area contributed by atoms with Gasteiger partial charge in [-0.25, -0.2) is 8.42 Å². The fraction of sp³-hybridized carbons (Fsp3) is 0.250. The molecular weight excluding hydrogens is 397 g/mol. The maximum Gasteiger partial charge on any atom is 0.261 e. The van der Waals surface area contributed by atoms with Gasteiger partial charge in [-0.3, -0.25) is 4.72 Å². The van der Waals surface area contributed by atoms with Crippen molar-refractivity contribution in [1.82, 2.24) is 0 Å². The molecule has 0 fully saturated rings. The fourth-order valence-corrected chi connectivity index (χ4v) is 3.75. The molecule has 0 radical (unpaired) electrons. The molecular formula is C16H18INO2S. The highest BCUT2D eigenvalue weighted by Gasteiger charge is 2.15. The van der Waals surface area contributed by atoms with Gasteiger partial charge in [0.15, 0.2) is 0 Å². The molecule has 0 aliphatic carbocycles. The van der Waals surface area contributed by atoms with Crippen LogP contribution in [0.1, 0.15) is 25.3 Å². The smallest absolute Gasteiger partial charge is 0.261 e. The molecule has 2 rings (SSSR count). The minimum Gasteiger partial charge on any atom is -0.279 e. The van der Waals surface area contributed by atoms with Gasteiger partial charge in [-0.15, -0.1) is 0 Å². The Morgan fingerprint density at radius 2 is 1.71 bits per heavy atom.